The number of nitrogens with zero attached hydrogens (tertiary/aromatic N) is 2. The van der Waals surface area contributed by atoms with Crippen molar-refractivity contribution >= 4 is 17.5 Å². The lowest BCUT2D eigenvalue weighted by atomic mass is 10.1. The van der Waals surface area contributed by atoms with Gasteiger partial charge in [-0.2, -0.15) is 0 Å². The maximum absolute atomic E-state index is 12.6. The number of anilines is 1. The number of rotatable bonds is 6. The van der Waals surface area contributed by atoms with Gasteiger partial charge in [-0.05, 0) is 42.8 Å². The molecule has 29 heavy (non-hydrogen) atoms. The lowest BCUT2D eigenvalue weighted by molar-refractivity contribution is -0.127. The van der Waals surface area contributed by atoms with Crippen LogP contribution in [0.15, 0.2) is 55.1 Å². The number of carbonyl (C=O) groups excluding carboxylic acids is 2. The molecular formula is C23H27N3O3. The van der Waals surface area contributed by atoms with Gasteiger partial charge >= 0.3 is 0 Å². The summed E-state index contributed by atoms with van der Waals surface area (Å²) in [6.45, 7) is 9.42. The molecule has 0 bridgehead atoms. The Morgan fingerprint density at radius 1 is 1.10 bits per heavy atom. The summed E-state index contributed by atoms with van der Waals surface area (Å²) in [6, 6.07) is 13.4. The molecule has 1 N–H and O–H groups in total. The van der Waals surface area contributed by atoms with Gasteiger partial charge in [0, 0.05) is 38.4 Å². The van der Waals surface area contributed by atoms with E-state index in [4.69, 9.17) is 4.74 Å². The lowest BCUT2D eigenvalue weighted by Crippen LogP contribution is -2.47. The van der Waals surface area contributed by atoms with Crippen LogP contribution < -0.4 is 10.1 Å². The van der Waals surface area contributed by atoms with Gasteiger partial charge in [-0.3, -0.25) is 14.5 Å². The van der Waals surface area contributed by atoms with Crippen molar-refractivity contribution in [3.8, 4) is 5.75 Å². The molecule has 0 aromatic heterocycles. The van der Waals surface area contributed by atoms with Gasteiger partial charge in [0.1, 0.15) is 5.75 Å². The maximum atomic E-state index is 12.6. The fourth-order valence-electron chi connectivity index (χ4n) is 3.40. The normalized spacial score (nSPS) is 14.3. The van der Waals surface area contributed by atoms with Gasteiger partial charge in [0.25, 0.3) is 5.91 Å². The molecule has 1 saturated heterocycles. The van der Waals surface area contributed by atoms with Crippen LogP contribution in [0.4, 0.5) is 5.69 Å². The summed E-state index contributed by atoms with van der Waals surface area (Å²) in [4.78, 5) is 28.4. The van der Waals surface area contributed by atoms with Crippen molar-refractivity contribution < 1.29 is 14.3 Å². The van der Waals surface area contributed by atoms with Gasteiger partial charge in [0.15, 0.2) is 0 Å². The first-order chi connectivity index (χ1) is 14.0. The number of nitrogens with one attached hydrogen (secondary N) is 1. The zero-order valence-electron chi connectivity index (χ0n) is 17.0. The van der Waals surface area contributed by atoms with Crippen LogP contribution in [0.5, 0.6) is 5.75 Å². The fraction of sp³-hybridized carbons (Fsp3) is 0.304. The van der Waals surface area contributed by atoms with Crippen molar-refractivity contribution in [1.82, 2.24) is 9.80 Å². The van der Waals surface area contributed by atoms with E-state index in [1.54, 1.807) is 13.2 Å². The van der Waals surface area contributed by atoms with Gasteiger partial charge < -0.3 is 15.0 Å². The molecule has 0 spiro atoms. The third-order valence-electron chi connectivity index (χ3n) is 5.08. The highest BCUT2D eigenvalue weighted by atomic mass is 16.5. The predicted octanol–water partition coefficient (Wildman–Crippen LogP) is 3.09. The van der Waals surface area contributed by atoms with Crippen LogP contribution in [-0.4, -0.2) is 54.9 Å². The maximum Gasteiger partial charge on any atom is 0.259 e. The number of carbonyl (C=O) groups is 2. The molecule has 1 aliphatic rings. The minimum absolute atomic E-state index is 0.00464. The number of hydrogen-bond acceptors (Lipinski definition) is 4. The Bertz CT molecular complexity index is 885. The van der Waals surface area contributed by atoms with Gasteiger partial charge in [0.2, 0.25) is 5.91 Å². The molecule has 2 aromatic rings. The zero-order chi connectivity index (χ0) is 20.8. The molecule has 1 fully saturated rings. The Morgan fingerprint density at radius 2 is 1.79 bits per heavy atom. The van der Waals surface area contributed by atoms with Crippen LogP contribution in [-0.2, 0) is 11.3 Å². The second kappa shape index (κ2) is 9.39. The van der Waals surface area contributed by atoms with E-state index in [1.165, 1.54) is 11.6 Å². The Labute approximate surface area is 171 Å². The summed E-state index contributed by atoms with van der Waals surface area (Å²) in [6.07, 6.45) is 1.37. The quantitative estimate of drug-likeness (QED) is 0.766. The van der Waals surface area contributed by atoms with Crippen LogP contribution in [0, 0.1) is 6.92 Å². The molecular weight excluding hydrogens is 366 g/mol. The second-order valence-electron chi connectivity index (χ2n) is 7.16. The first-order valence-electron chi connectivity index (χ1n) is 9.69. The molecule has 1 aliphatic heterocycles. The van der Waals surface area contributed by atoms with E-state index in [0.717, 1.165) is 44.0 Å². The first-order valence-corrected chi connectivity index (χ1v) is 9.69. The first kappa shape index (κ1) is 20.6. The number of ether oxygens (including phenoxy) is 1. The molecule has 0 unspecified atom stereocenters. The Hall–Kier alpha value is -3.12. The third kappa shape index (κ3) is 5.23. The van der Waals surface area contributed by atoms with Crippen LogP contribution in [0.1, 0.15) is 21.5 Å². The van der Waals surface area contributed by atoms with Crippen molar-refractivity contribution in [3.05, 3.63) is 71.8 Å². The highest BCUT2D eigenvalue weighted by Gasteiger charge is 2.19. The topological polar surface area (TPSA) is 61.9 Å². The number of benzene rings is 2. The molecule has 3 rings (SSSR count). The van der Waals surface area contributed by atoms with Crippen molar-refractivity contribution in [2.45, 2.75) is 13.5 Å². The molecule has 2 amide bonds. The molecule has 1 heterocycles. The number of amides is 2. The van der Waals surface area contributed by atoms with Crippen molar-refractivity contribution in [2.75, 3.05) is 38.6 Å². The zero-order valence-corrected chi connectivity index (χ0v) is 17.0. The molecule has 6 nitrogen and oxygen atoms in total. The molecule has 6 heteroatoms. The monoisotopic (exact) mass is 393 g/mol. The largest absolute Gasteiger partial charge is 0.496 e. The van der Waals surface area contributed by atoms with Crippen molar-refractivity contribution in [1.29, 1.82) is 0 Å². The highest BCUT2D eigenvalue weighted by Crippen LogP contribution is 2.21. The van der Waals surface area contributed by atoms with Gasteiger partial charge in [0.05, 0.1) is 12.7 Å². The van der Waals surface area contributed by atoms with Crippen LogP contribution in [0.3, 0.4) is 0 Å². The summed E-state index contributed by atoms with van der Waals surface area (Å²) in [5, 5.41) is 2.93. The molecule has 0 saturated carbocycles. The van der Waals surface area contributed by atoms with Gasteiger partial charge in [-0.15, -0.1) is 0 Å². The van der Waals surface area contributed by atoms with E-state index in [1.807, 2.05) is 48.2 Å². The van der Waals surface area contributed by atoms with E-state index in [0.29, 0.717) is 11.3 Å². The lowest BCUT2D eigenvalue weighted by Gasteiger charge is -2.34. The number of aryl methyl sites for hydroxylation is 1. The standard InChI is InChI=1S/C23H27N3O3/c1-4-22(27)26-13-11-25(12-14-26)16-18-6-8-19(9-7-18)24-23(28)20-15-17(2)5-10-21(20)29-3/h4-10,15H,1,11-14,16H2,2-3H3,(H,24,28). The van der Waals surface area contributed by atoms with E-state index in [2.05, 4.69) is 16.8 Å². The average Bonchev–Trinajstić information content (AvgIpc) is 2.75. The highest BCUT2D eigenvalue weighted by molar-refractivity contribution is 6.06. The van der Waals surface area contributed by atoms with E-state index >= 15 is 0 Å². The van der Waals surface area contributed by atoms with Crippen LogP contribution in [0.25, 0.3) is 0 Å². The van der Waals surface area contributed by atoms with Crippen LogP contribution in [0.2, 0.25) is 0 Å². The molecule has 0 aliphatic carbocycles. The van der Waals surface area contributed by atoms with Crippen LogP contribution >= 0.6 is 0 Å². The number of piperazine rings is 1. The summed E-state index contributed by atoms with van der Waals surface area (Å²) in [7, 11) is 1.56. The Kier molecular flexibility index (Phi) is 6.67. The van der Waals surface area contributed by atoms with Crippen molar-refractivity contribution in [2.24, 2.45) is 0 Å². The minimum Gasteiger partial charge on any atom is -0.496 e. The summed E-state index contributed by atoms with van der Waals surface area (Å²) < 4.78 is 5.30. The average molecular weight is 393 g/mol. The molecule has 0 atom stereocenters. The third-order valence-corrected chi connectivity index (χ3v) is 5.08. The van der Waals surface area contributed by atoms with E-state index in [-0.39, 0.29) is 11.8 Å². The fourth-order valence-corrected chi connectivity index (χ4v) is 3.40. The Balaban J connectivity index is 1.57. The van der Waals surface area contributed by atoms with Gasteiger partial charge in [-0.1, -0.05) is 30.3 Å². The molecule has 0 radical (unpaired) electrons. The molecule has 2 aromatic carbocycles. The predicted molar refractivity (Wildman–Crippen MR) is 114 cm³/mol. The SMILES string of the molecule is C=CC(=O)N1CCN(Cc2ccc(NC(=O)c3cc(C)ccc3OC)cc2)CC1. The second-order valence-corrected chi connectivity index (χ2v) is 7.16. The van der Waals surface area contributed by atoms with Crippen molar-refractivity contribution in [3.63, 3.8) is 0 Å². The number of hydrogen-bond donors (Lipinski definition) is 1. The Morgan fingerprint density at radius 3 is 2.41 bits per heavy atom. The summed E-state index contributed by atoms with van der Waals surface area (Å²) in [5.74, 6) is 0.357. The smallest absolute Gasteiger partial charge is 0.259 e. The minimum atomic E-state index is -0.193. The summed E-state index contributed by atoms with van der Waals surface area (Å²) >= 11 is 0. The molecule has 152 valence electrons. The van der Waals surface area contributed by atoms with E-state index < -0.39 is 0 Å². The number of methoxy groups -OCH3 is 1. The van der Waals surface area contributed by atoms with E-state index in [9.17, 15) is 9.59 Å². The summed E-state index contributed by atoms with van der Waals surface area (Å²) in [5.41, 5.74) is 3.42. The van der Waals surface area contributed by atoms with Gasteiger partial charge in [-0.25, -0.2) is 0 Å².